The summed E-state index contributed by atoms with van der Waals surface area (Å²) in [5.74, 6) is 0.921. The Morgan fingerprint density at radius 1 is 0.327 bits per heavy atom. The van der Waals surface area contributed by atoms with Crippen molar-refractivity contribution in [3.63, 3.8) is 0 Å². The van der Waals surface area contributed by atoms with Crippen LogP contribution < -0.4 is 0 Å². The fraction of sp³-hybridized carbons (Fsp3) is 0. The molecule has 4 heteroatoms. The second-order valence-electron chi connectivity index (χ2n) is 12.5. The van der Waals surface area contributed by atoms with Crippen molar-refractivity contribution >= 4 is 43.9 Å². The van der Waals surface area contributed by atoms with E-state index in [1.807, 2.05) is 0 Å². The topological polar surface area (TPSA) is 27.7 Å². The minimum Gasteiger partial charge on any atom is -0.309 e. The fourth-order valence-corrected chi connectivity index (χ4v) is 7.46. The van der Waals surface area contributed by atoms with Crippen LogP contribution in [0.2, 0.25) is 0 Å². The Labute approximate surface area is 283 Å². The summed E-state index contributed by atoms with van der Waals surface area (Å²) in [7, 11) is 0. The Bertz CT molecular complexity index is 2770. The van der Waals surface area contributed by atoms with Crippen LogP contribution in [0, 0.1) is 0 Å². The molecule has 3 aromatic heterocycles. The van der Waals surface area contributed by atoms with Crippen LogP contribution in [0.4, 0.5) is 0 Å². The van der Waals surface area contributed by atoms with Gasteiger partial charge in [0, 0.05) is 38.8 Å². The van der Waals surface area contributed by atoms with Crippen LogP contribution in [0.3, 0.4) is 0 Å². The molecule has 7 aromatic carbocycles. The average Bonchev–Trinajstić information content (AvgIpc) is 3.82. The van der Waals surface area contributed by atoms with Gasteiger partial charge in [0.25, 0.3) is 0 Å². The van der Waals surface area contributed by atoms with Gasteiger partial charge in [-0.1, -0.05) is 127 Å². The van der Waals surface area contributed by atoms with Crippen LogP contribution in [0.1, 0.15) is 0 Å². The third kappa shape index (κ3) is 4.28. The number of hydrogen-bond acceptors (Lipinski definition) is 1. The highest BCUT2D eigenvalue weighted by Crippen LogP contribution is 2.42. The van der Waals surface area contributed by atoms with E-state index < -0.39 is 0 Å². The molecule has 3 heterocycles. The van der Waals surface area contributed by atoms with Crippen molar-refractivity contribution < 1.29 is 0 Å². The first kappa shape index (κ1) is 27.5. The molecule has 0 N–H and O–H groups in total. The van der Waals surface area contributed by atoms with E-state index in [4.69, 9.17) is 4.98 Å². The molecule has 0 bridgehead atoms. The number of imidazole rings is 1. The van der Waals surface area contributed by atoms with Crippen LogP contribution in [0.5, 0.6) is 0 Å². The minimum atomic E-state index is 0.921. The highest BCUT2D eigenvalue weighted by Gasteiger charge is 2.25. The first-order valence-corrected chi connectivity index (χ1v) is 16.7. The molecule has 0 aliphatic rings. The molecule has 0 saturated heterocycles. The lowest BCUT2D eigenvalue weighted by atomic mass is 10.1. The molecule has 10 aromatic rings. The molecule has 0 spiro atoms. The van der Waals surface area contributed by atoms with Crippen LogP contribution >= 0.6 is 0 Å². The largest absolute Gasteiger partial charge is 0.309 e. The zero-order chi connectivity index (χ0) is 32.3. The van der Waals surface area contributed by atoms with Gasteiger partial charge in [0.1, 0.15) is 11.3 Å². The van der Waals surface area contributed by atoms with Crippen LogP contribution in [-0.4, -0.2) is 18.7 Å². The second-order valence-corrected chi connectivity index (χ2v) is 12.5. The highest BCUT2D eigenvalue weighted by atomic mass is 15.2. The summed E-state index contributed by atoms with van der Waals surface area (Å²) in [5, 5.41) is 3.60. The van der Waals surface area contributed by atoms with Gasteiger partial charge in [-0.3, -0.25) is 9.13 Å². The number of fused-ring (bicyclic) bond motifs is 6. The number of aromatic nitrogens is 4. The standard InChI is InChI=1S/C45H30N4/c1-5-15-31(16-6-1)32-25-27-36(28-26-32)47-40-24-14-13-23-37(40)38-29-39-42(30-41(38)47)48(34-19-9-3-10-20-34)45-43(39)49(35-21-11-4-12-22-35)44(46-45)33-17-7-2-8-18-33/h1-30H. The monoisotopic (exact) mass is 626 g/mol. The lowest BCUT2D eigenvalue weighted by Crippen LogP contribution is -1.98. The molecule has 0 fully saturated rings. The Balaban J connectivity index is 1.32. The van der Waals surface area contributed by atoms with Gasteiger partial charge in [-0.05, 0) is 65.7 Å². The molecule has 0 atom stereocenters. The third-order valence-corrected chi connectivity index (χ3v) is 9.65. The van der Waals surface area contributed by atoms with E-state index in [-0.39, 0.29) is 0 Å². The SMILES string of the molecule is c1ccc(-c2ccc(-n3c4ccccc4c4cc5c6c(nc(-c7ccccc7)n6-c6ccccc6)n(-c6ccccc6)c5cc43)cc2)cc1. The normalized spacial score (nSPS) is 11.7. The predicted molar refractivity (Wildman–Crippen MR) is 203 cm³/mol. The van der Waals surface area contributed by atoms with E-state index in [9.17, 15) is 0 Å². The van der Waals surface area contributed by atoms with Crippen molar-refractivity contribution in [2.45, 2.75) is 0 Å². The van der Waals surface area contributed by atoms with Crippen molar-refractivity contribution in [3.05, 3.63) is 182 Å². The van der Waals surface area contributed by atoms with Gasteiger partial charge in [0.15, 0.2) is 5.65 Å². The summed E-state index contributed by atoms with van der Waals surface area (Å²) in [6.07, 6.45) is 0. The van der Waals surface area contributed by atoms with Gasteiger partial charge >= 0.3 is 0 Å². The summed E-state index contributed by atoms with van der Waals surface area (Å²) in [4.78, 5) is 5.45. The smallest absolute Gasteiger partial charge is 0.165 e. The van der Waals surface area contributed by atoms with E-state index in [1.165, 1.54) is 27.4 Å². The summed E-state index contributed by atoms with van der Waals surface area (Å²) in [6.45, 7) is 0. The number of para-hydroxylation sites is 3. The van der Waals surface area contributed by atoms with Gasteiger partial charge in [-0.2, -0.15) is 0 Å². The van der Waals surface area contributed by atoms with Gasteiger partial charge in [-0.15, -0.1) is 0 Å². The molecule has 10 rings (SSSR count). The number of rotatable bonds is 5. The van der Waals surface area contributed by atoms with Crippen molar-refractivity contribution in [3.8, 4) is 39.6 Å². The highest BCUT2D eigenvalue weighted by molar-refractivity contribution is 6.18. The molecule has 0 saturated carbocycles. The lowest BCUT2D eigenvalue weighted by Gasteiger charge is -2.12. The average molecular weight is 627 g/mol. The maximum absolute atomic E-state index is 5.45. The van der Waals surface area contributed by atoms with Crippen molar-refractivity contribution in [1.29, 1.82) is 0 Å². The maximum atomic E-state index is 5.45. The molecular formula is C45H30N4. The molecule has 0 unspecified atom stereocenters. The second kappa shape index (κ2) is 11.0. The first-order valence-electron chi connectivity index (χ1n) is 16.7. The molecule has 0 aliphatic heterocycles. The lowest BCUT2D eigenvalue weighted by molar-refractivity contribution is 1.10. The van der Waals surface area contributed by atoms with Crippen molar-refractivity contribution in [1.82, 2.24) is 18.7 Å². The van der Waals surface area contributed by atoms with Crippen LogP contribution in [-0.2, 0) is 0 Å². The Kier molecular flexibility index (Phi) is 6.15. The maximum Gasteiger partial charge on any atom is 0.165 e. The molecule has 0 amide bonds. The molecule has 0 radical (unpaired) electrons. The van der Waals surface area contributed by atoms with Crippen LogP contribution in [0.25, 0.3) is 83.4 Å². The quantitative estimate of drug-likeness (QED) is 0.187. The summed E-state index contributed by atoms with van der Waals surface area (Å²) >= 11 is 0. The zero-order valence-electron chi connectivity index (χ0n) is 26.6. The van der Waals surface area contributed by atoms with E-state index in [1.54, 1.807) is 0 Å². The molecule has 49 heavy (non-hydrogen) atoms. The van der Waals surface area contributed by atoms with E-state index in [2.05, 4.69) is 196 Å². The summed E-state index contributed by atoms with van der Waals surface area (Å²) < 4.78 is 7.07. The number of hydrogen-bond donors (Lipinski definition) is 0. The Hall–Kier alpha value is -6.65. The zero-order valence-corrected chi connectivity index (χ0v) is 26.6. The van der Waals surface area contributed by atoms with E-state index in [0.29, 0.717) is 0 Å². The van der Waals surface area contributed by atoms with E-state index >= 15 is 0 Å². The third-order valence-electron chi connectivity index (χ3n) is 9.65. The van der Waals surface area contributed by atoms with E-state index in [0.717, 1.165) is 56.0 Å². The first-order chi connectivity index (χ1) is 24.3. The molecule has 230 valence electrons. The summed E-state index contributed by atoms with van der Waals surface area (Å²) in [6, 6.07) is 64.7. The van der Waals surface area contributed by atoms with Crippen molar-refractivity contribution in [2.24, 2.45) is 0 Å². The van der Waals surface area contributed by atoms with Gasteiger partial charge in [-0.25, -0.2) is 4.98 Å². The number of nitrogens with zero attached hydrogens (tertiary/aromatic N) is 4. The van der Waals surface area contributed by atoms with Gasteiger partial charge in [0.2, 0.25) is 0 Å². The predicted octanol–water partition coefficient (Wildman–Crippen LogP) is 11.4. The van der Waals surface area contributed by atoms with Crippen LogP contribution in [0.15, 0.2) is 182 Å². The fourth-order valence-electron chi connectivity index (χ4n) is 7.46. The van der Waals surface area contributed by atoms with Crippen molar-refractivity contribution in [2.75, 3.05) is 0 Å². The Morgan fingerprint density at radius 2 is 0.837 bits per heavy atom. The molecule has 4 nitrogen and oxygen atoms in total. The molecular weight excluding hydrogens is 597 g/mol. The summed E-state index contributed by atoms with van der Waals surface area (Å²) in [5.41, 5.74) is 12.3. The molecule has 0 aliphatic carbocycles. The minimum absolute atomic E-state index is 0.921. The number of benzene rings is 7. The van der Waals surface area contributed by atoms with Gasteiger partial charge in [0.05, 0.1) is 16.6 Å². The Morgan fingerprint density at radius 3 is 1.51 bits per heavy atom. The van der Waals surface area contributed by atoms with Gasteiger partial charge < -0.3 is 4.57 Å².